The summed E-state index contributed by atoms with van der Waals surface area (Å²) in [5, 5.41) is 6.07. The summed E-state index contributed by atoms with van der Waals surface area (Å²) in [6.45, 7) is 5.20. The quantitative estimate of drug-likeness (QED) is 0.747. The fourth-order valence-corrected chi connectivity index (χ4v) is 2.13. The Morgan fingerprint density at radius 2 is 2.43 bits per heavy atom. The first-order valence-corrected chi connectivity index (χ1v) is 7.60. The van der Waals surface area contributed by atoms with Crippen LogP contribution in [0.1, 0.15) is 25.3 Å². The predicted octanol–water partition coefficient (Wildman–Crippen LogP) is 1.47. The monoisotopic (exact) mass is 292 g/mol. The zero-order valence-corrected chi connectivity index (χ0v) is 12.6. The molecule has 1 amide bonds. The molecule has 0 spiro atoms. The van der Waals surface area contributed by atoms with Crippen molar-refractivity contribution in [3.63, 3.8) is 0 Å². The van der Waals surface area contributed by atoms with E-state index in [4.69, 9.17) is 9.47 Å². The SMILES string of the molecule is CCCCOc1cccc(CNC(=O)C2COCCN2)c1. The maximum absolute atomic E-state index is 12.0. The third kappa shape index (κ3) is 5.36. The van der Waals surface area contributed by atoms with Gasteiger partial charge in [-0.15, -0.1) is 0 Å². The maximum atomic E-state index is 12.0. The molecular formula is C16H24N2O3. The van der Waals surface area contributed by atoms with E-state index in [1.165, 1.54) is 0 Å². The predicted molar refractivity (Wildman–Crippen MR) is 81.3 cm³/mol. The topological polar surface area (TPSA) is 59.6 Å². The van der Waals surface area contributed by atoms with E-state index in [-0.39, 0.29) is 11.9 Å². The molecule has 1 aromatic carbocycles. The Balaban J connectivity index is 1.79. The number of morpholine rings is 1. The second-order valence-electron chi connectivity index (χ2n) is 5.15. The van der Waals surface area contributed by atoms with Crippen molar-refractivity contribution in [2.75, 3.05) is 26.4 Å². The molecule has 1 saturated heterocycles. The first-order valence-electron chi connectivity index (χ1n) is 7.60. The minimum absolute atomic E-state index is 0.0213. The minimum atomic E-state index is -0.247. The minimum Gasteiger partial charge on any atom is -0.494 e. The van der Waals surface area contributed by atoms with Crippen LogP contribution in [-0.4, -0.2) is 38.3 Å². The summed E-state index contributed by atoms with van der Waals surface area (Å²) in [6.07, 6.45) is 2.17. The zero-order valence-electron chi connectivity index (χ0n) is 12.6. The van der Waals surface area contributed by atoms with Crippen molar-refractivity contribution in [2.24, 2.45) is 0 Å². The molecule has 0 saturated carbocycles. The van der Waals surface area contributed by atoms with Gasteiger partial charge in [0.2, 0.25) is 5.91 Å². The number of carbonyl (C=O) groups is 1. The van der Waals surface area contributed by atoms with E-state index in [1.807, 2.05) is 24.3 Å². The lowest BCUT2D eigenvalue weighted by Crippen LogP contribution is -2.51. The molecule has 116 valence electrons. The highest BCUT2D eigenvalue weighted by molar-refractivity contribution is 5.81. The lowest BCUT2D eigenvalue weighted by Gasteiger charge is -2.22. The van der Waals surface area contributed by atoms with Gasteiger partial charge in [-0.1, -0.05) is 25.5 Å². The van der Waals surface area contributed by atoms with Gasteiger partial charge in [0.1, 0.15) is 11.8 Å². The van der Waals surface area contributed by atoms with Crippen molar-refractivity contribution in [3.05, 3.63) is 29.8 Å². The Hall–Kier alpha value is -1.59. The van der Waals surface area contributed by atoms with Gasteiger partial charge in [0.15, 0.2) is 0 Å². The first kappa shape index (κ1) is 15.8. The number of benzene rings is 1. The second kappa shape index (κ2) is 8.64. The van der Waals surface area contributed by atoms with Gasteiger partial charge in [0.25, 0.3) is 0 Å². The molecule has 0 aliphatic carbocycles. The highest BCUT2D eigenvalue weighted by Gasteiger charge is 2.20. The fourth-order valence-electron chi connectivity index (χ4n) is 2.13. The van der Waals surface area contributed by atoms with Gasteiger partial charge in [-0.25, -0.2) is 0 Å². The number of unbranched alkanes of at least 4 members (excludes halogenated alkanes) is 1. The van der Waals surface area contributed by atoms with E-state index in [0.717, 1.165) is 37.3 Å². The Kier molecular flexibility index (Phi) is 6.50. The van der Waals surface area contributed by atoms with Crippen molar-refractivity contribution in [2.45, 2.75) is 32.4 Å². The summed E-state index contributed by atoms with van der Waals surface area (Å²) >= 11 is 0. The zero-order chi connectivity index (χ0) is 14.9. The molecule has 0 aromatic heterocycles. The number of amides is 1. The van der Waals surface area contributed by atoms with Gasteiger partial charge in [-0.3, -0.25) is 4.79 Å². The summed E-state index contributed by atoms with van der Waals surface area (Å²) in [5.41, 5.74) is 1.04. The molecule has 5 heteroatoms. The molecule has 1 unspecified atom stereocenters. The van der Waals surface area contributed by atoms with Crippen molar-refractivity contribution >= 4 is 5.91 Å². The molecule has 0 bridgehead atoms. The number of carbonyl (C=O) groups excluding carboxylic acids is 1. The molecule has 0 radical (unpaired) electrons. The summed E-state index contributed by atoms with van der Waals surface area (Å²) in [7, 11) is 0. The number of hydrogen-bond donors (Lipinski definition) is 2. The largest absolute Gasteiger partial charge is 0.494 e. The molecule has 1 heterocycles. The molecule has 1 fully saturated rings. The summed E-state index contributed by atoms with van der Waals surface area (Å²) < 4.78 is 11.0. The van der Waals surface area contributed by atoms with Crippen LogP contribution < -0.4 is 15.4 Å². The van der Waals surface area contributed by atoms with Crippen molar-refractivity contribution in [3.8, 4) is 5.75 Å². The average molecular weight is 292 g/mol. The number of rotatable bonds is 7. The lowest BCUT2D eigenvalue weighted by molar-refractivity contribution is -0.126. The van der Waals surface area contributed by atoms with Gasteiger partial charge in [-0.05, 0) is 24.1 Å². The van der Waals surface area contributed by atoms with Gasteiger partial charge in [0, 0.05) is 13.1 Å². The van der Waals surface area contributed by atoms with Gasteiger partial charge in [0.05, 0.1) is 19.8 Å². The second-order valence-corrected chi connectivity index (χ2v) is 5.15. The number of nitrogens with one attached hydrogen (secondary N) is 2. The molecule has 2 rings (SSSR count). The molecular weight excluding hydrogens is 268 g/mol. The van der Waals surface area contributed by atoms with Crippen LogP contribution in [-0.2, 0) is 16.1 Å². The van der Waals surface area contributed by atoms with Crippen LogP contribution in [0.2, 0.25) is 0 Å². The van der Waals surface area contributed by atoms with Gasteiger partial charge < -0.3 is 20.1 Å². The molecule has 21 heavy (non-hydrogen) atoms. The Bertz CT molecular complexity index is 445. The highest BCUT2D eigenvalue weighted by Crippen LogP contribution is 2.13. The molecule has 1 aliphatic heterocycles. The standard InChI is InChI=1S/C16H24N2O3/c1-2-3-8-21-14-6-4-5-13(10-14)11-18-16(19)15-12-20-9-7-17-15/h4-6,10,15,17H,2-3,7-9,11-12H2,1H3,(H,18,19). The maximum Gasteiger partial charge on any atom is 0.239 e. The Morgan fingerprint density at radius 1 is 1.52 bits per heavy atom. The Morgan fingerprint density at radius 3 is 3.19 bits per heavy atom. The molecule has 1 aromatic rings. The van der Waals surface area contributed by atoms with E-state index < -0.39 is 0 Å². The van der Waals surface area contributed by atoms with E-state index in [9.17, 15) is 4.79 Å². The average Bonchev–Trinajstić information content (AvgIpc) is 2.54. The van der Waals surface area contributed by atoms with Crippen molar-refractivity contribution in [1.82, 2.24) is 10.6 Å². The molecule has 1 aliphatic rings. The Labute approximate surface area is 126 Å². The lowest BCUT2D eigenvalue weighted by atomic mass is 10.2. The van der Waals surface area contributed by atoms with E-state index in [1.54, 1.807) is 0 Å². The summed E-state index contributed by atoms with van der Waals surface area (Å²) in [6, 6.07) is 7.60. The van der Waals surface area contributed by atoms with Crippen LogP contribution >= 0.6 is 0 Å². The first-order chi connectivity index (χ1) is 10.3. The number of ether oxygens (including phenoxy) is 2. The van der Waals surface area contributed by atoms with Crippen LogP contribution in [0, 0.1) is 0 Å². The van der Waals surface area contributed by atoms with E-state index >= 15 is 0 Å². The van der Waals surface area contributed by atoms with E-state index in [0.29, 0.717) is 19.8 Å². The fraction of sp³-hybridized carbons (Fsp3) is 0.562. The molecule has 2 N–H and O–H groups in total. The van der Waals surface area contributed by atoms with Crippen molar-refractivity contribution in [1.29, 1.82) is 0 Å². The van der Waals surface area contributed by atoms with Crippen LogP contribution in [0.15, 0.2) is 24.3 Å². The highest BCUT2D eigenvalue weighted by atomic mass is 16.5. The smallest absolute Gasteiger partial charge is 0.239 e. The van der Waals surface area contributed by atoms with Gasteiger partial charge >= 0.3 is 0 Å². The summed E-state index contributed by atoms with van der Waals surface area (Å²) in [4.78, 5) is 12.0. The van der Waals surface area contributed by atoms with Crippen LogP contribution in [0.4, 0.5) is 0 Å². The number of hydrogen-bond acceptors (Lipinski definition) is 4. The van der Waals surface area contributed by atoms with Crippen LogP contribution in [0.5, 0.6) is 5.75 Å². The molecule has 5 nitrogen and oxygen atoms in total. The molecule has 1 atom stereocenters. The van der Waals surface area contributed by atoms with E-state index in [2.05, 4.69) is 17.6 Å². The van der Waals surface area contributed by atoms with Crippen LogP contribution in [0.3, 0.4) is 0 Å². The van der Waals surface area contributed by atoms with Crippen molar-refractivity contribution < 1.29 is 14.3 Å². The van der Waals surface area contributed by atoms with Crippen LogP contribution in [0.25, 0.3) is 0 Å². The summed E-state index contributed by atoms with van der Waals surface area (Å²) in [5.74, 6) is 0.835. The third-order valence-corrected chi connectivity index (χ3v) is 3.37. The van der Waals surface area contributed by atoms with Gasteiger partial charge in [-0.2, -0.15) is 0 Å². The third-order valence-electron chi connectivity index (χ3n) is 3.37. The normalized spacial score (nSPS) is 18.2.